The molecule has 0 aliphatic rings. The van der Waals surface area contributed by atoms with Crippen LogP contribution in [0.3, 0.4) is 0 Å². The number of hydrogen-bond acceptors (Lipinski definition) is 3. The van der Waals surface area contributed by atoms with Gasteiger partial charge in [0.1, 0.15) is 0 Å². The van der Waals surface area contributed by atoms with Gasteiger partial charge >= 0.3 is 0 Å². The summed E-state index contributed by atoms with van der Waals surface area (Å²) in [5.41, 5.74) is 7.35. The highest BCUT2D eigenvalue weighted by Gasteiger charge is 2.28. The van der Waals surface area contributed by atoms with Crippen LogP contribution < -0.4 is 5.32 Å². The van der Waals surface area contributed by atoms with Gasteiger partial charge < -0.3 is 5.32 Å². The average Bonchev–Trinajstić information content (AvgIpc) is 2.64. The van der Waals surface area contributed by atoms with Crippen molar-refractivity contribution in [2.24, 2.45) is 0 Å². The lowest BCUT2D eigenvalue weighted by atomic mass is 9.90. The van der Waals surface area contributed by atoms with Crippen molar-refractivity contribution in [1.82, 2.24) is 5.32 Å². The van der Waals surface area contributed by atoms with Crippen molar-refractivity contribution < 1.29 is 13.2 Å². The first-order valence-corrected chi connectivity index (χ1v) is 12.6. The molecule has 5 heteroatoms. The van der Waals surface area contributed by atoms with Gasteiger partial charge in [-0.1, -0.05) is 24.3 Å². The zero-order chi connectivity index (χ0) is 23.6. The third-order valence-corrected chi connectivity index (χ3v) is 8.48. The fraction of sp³-hybridized carbons (Fsp3) is 0.500. The molecule has 0 unspecified atom stereocenters. The molecule has 170 valence electrons. The van der Waals surface area contributed by atoms with Crippen LogP contribution in [0, 0.1) is 20.8 Å². The van der Waals surface area contributed by atoms with Crippen molar-refractivity contribution in [3.05, 3.63) is 69.3 Å². The summed E-state index contributed by atoms with van der Waals surface area (Å²) >= 11 is 0. The molecule has 1 amide bonds. The molecule has 0 spiro atoms. The van der Waals surface area contributed by atoms with Crippen molar-refractivity contribution in [3.63, 3.8) is 0 Å². The summed E-state index contributed by atoms with van der Waals surface area (Å²) in [6.07, 6.45) is 1.75. The number of nitrogens with one attached hydrogen (secondary N) is 1. The summed E-state index contributed by atoms with van der Waals surface area (Å²) < 4.78 is 24.1. The molecule has 2 rings (SSSR count). The van der Waals surface area contributed by atoms with Gasteiger partial charge in [0, 0.05) is 11.6 Å². The van der Waals surface area contributed by atoms with E-state index in [0.717, 1.165) is 35.1 Å². The summed E-state index contributed by atoms with van der Waals surface area (Å²) in [7, 11) is -3.19. The number of rotatable bonds is 7. The standard InChI is InChI=1S/C26H37NO3S/c1-17(2)27-25(28)24-15-18(3)23(19(4)20(24)5)14-13-21-9-11-22(12-10-21)16-31(29,30)26(6,7)8/h9-12,15,17H,13-14,16H2,1-8H3,(H,27,28). The van der Waals surface area contributed by atoms with E-state index >= 15 is 0 Å². The monoisotopic (exact) mass is 443 g/mol. The van der Waals surface area contributed by atoms with Crippen molar-refractivity contribution >= 4 is 15.7 Å². The molecule has 0 saturated heterocycles. The minimum Gasteiger partial charge on any atom is -0.350 e. The number of carbonyl (C=O) groups excluding carboxylic acids is 1. The summed E-state index contributed by atoms with van der Waals surface area (Å²) in [5, 5.41) is 2.98. The summed E-state index contributed by atoms with van der Waals surface area (Å²) in [6, 6.07) is 9.99. The molecule has 0 aliphatic carbocycles. The largest absolute Gasteiger partial charge is 0.350 e. The maximum absolute atomic E-state index is 12.5. The molecular weight excluding hydrogens is 406 g/mol. The predicted octanol–water partition coefficient (Wildman–Crippen LogP) is 5.25. The SMILES string of the molecule is Cc1cc(C(=O)NC(C)C)c(C)c(C)c1CCc1ccc(CS(=O)(=O)C(C)(C)C)cc1. The van der Waals surface area contributed by atoms with Crippen LogP contribution in [-0.4, -0.2) is 25.1 Å². The first-order chi connectivity index (χ1) is 14.2. The molecule has 0 fully saturated rings. The number of carbonyl (C=O) groups is 1. The molecule has 0 aromatic heterocycles. The quantitative estimate of drug-likeness (QED) is 0.636. The molecule has 0 saturated carbocycles. The number of aryl methyl sites for hydroxylation is 2. The highest BCUT2D eigenvalue weighted by molar-refractivity contribution is 7.91. The summed E-state index contributed by atoms with van der Waals surface area (Å²) in [4.78, 5) is 12.5. The fourth-order valence-corrected chi connectivity index (χ4v) is 4.67. The second-order valence-electron chi connectivity index (χ2n) is 9.79. The maximum Gasteiger partial charge on any atom is 0.251 e. The number of amides is 1. The average molecular weight is 444 g/mol. The molecule has 1 N–H and O–H groups in total. The molecule has 0 heterocycles. The summed E-state index contributed by atoms with van der Waals surface area (Å²) in [6.45, 7) is 15.3. The minimum atomic E-state index is -3.19. The lowest BCUT2D eigenvalue weighted by Crippen LogP contribution is -2.31. The van der Waals surface area contributed by atoms with Gasteiger partial charge in [0.15, 0.2) is 9.84 Å². The second-order valence-corrected chi connectivity index (χ2v) is 12.5. The van der Waals surface area contributed by atoms with Crippen LogP contribution in [0.15, 0.2) is 30.3 Å². The van der Waals surface area contributed by atoms with Crippen molar-refractivity contribution in [2.75, 3.05) is 0 Å². The van der Waals surface area contributed by atoms with E-state index in [9.17, 15) is 13.2 Å². The first-order valence-electron chi connectivity index (χ1n) is 10.9. The van der Waals surface area contributed by atoms with E-state index in [1.165, 1.54) is 16.7 Å². The molecule has 4 nitrogen and oxygen atoms in total. The molecule has 31 heavy (non-hydrogen) atoms. The molecule has 0 bridgehead atoms. The van der Waals surface area contributed by atoms with Gasteiger partial charge in [0.2, 0.25) is 0 Å². The van der Waals surface area contributed by atoms with Gasteiger partial charge in [-0.05, 0) is 108 Å². The molecule has 0 radical (unpaired) electrons. The van der Waals surface area contributed by atoms with E-state index in [2.05, 4.69) is 19.2 Å². The van der Waals surface area contributed by atoms with Gasteiger partial charge in [-0.15, -0.1) is 0 Å². The normalized spacial score (nSPS) is 12.3. The number of sulfone groups is 1. The molecule has 2 aromatic rings. The molecule has 0 aliphatic heterocycles. The van der Waals surface area contributed by atoms with Gasteiger partial charge in [0.25, 0.3) is 5.91 Å². The Labute approximate surface area is 188 Å². The van der Waals surface area contributed by atoms with Crippen molar-refractivity contribution in [3.8, 4) is 0 Å². The Morgan fingerprint density at radius 3 is 2.00 bits per heavy atom. The Kier molecular flexibility index (Phi) is 7.75. The second kappa shape index (κ2) is 9.56. The van der Waals surface area contributed by atoms with Crippen LogP contribution in [0.5, 0.6) is 0 Å². The Balaban J connectivity index is 2.15. The van der Waals surface area contributed by atoms with E-state index in [0.29, 0.717) is 0 Å². The number of hydrogen-bond donors (Lipinski definition) is 1. The molecule has 2 aromatic carbocycles. The molecular formula is C26H37NO3S. The third-order valence-electron chi connectivity index (χ3n) is 5.90. The first kappa shape index (κ1) is 25.1. The Hall–Kier alpha value is -2.14. The minimum absolute atomic E-state index is 0.0222. The van der Waals surface area contributed by atoms with E-state index in [1.54, 1.807) is 20.8 Å². The van der Waals surface area contributed by atoms with Crippen molar-refractivity contribution in [2.45, 2.75) is 84.8 Å². The lowest BCUT2D eigenvalue weighted by molar-refractivity contribution is 0.0942. The van der Waals surface area contributed by atoms with Gasteiger partial charge in [-0.2, -0.15) is 0 Å². The summed E-state index contributed by atoms with van der Waals surface area (Å²) in [5.74, 6) is 0.0414. The number of benzene rings is 2. The zero-order valence-electron chi connectivity index (χ0n) is 20.2. The van der Waals surface area contributed by atoms with Gasteiger partial charge in [0.05, 0.1) is 10.5 Å². The Morgan fingerprint density at radius 1 is 0.935 bits per heavy atom. The van der Waals surface area contributed by atoms with E-state index in [-0.39, 0.29) is 17.7 Å². The van der Waals surface area contributed by atoms with Crippen molar-refractivity contribution in [1.29, 1.82) is 0 Å². The maximum atomic E-state index is 12.5. The van der Waals surface area contributed by atoms with Crippen LogP contribution in [-0.2, 0) is 28.4 Å². The topological polar surface area (TPSA) is 63.2 Å². The lowest BCUT2D eigenvalue weighted by Gasteiger charge is -2.19. The van der Waals surface area contributed by atoms with E-state index < -0.39 is 14.6 Å². The van der Waals surface area contributed by atoms with Gasteiger partial charge in [-0.25, -0.2) is 8.42 Å². The van der Waals surface area contributed by atoms with Gasteiger partial charge in [-0.3, -0.25) is 4.79 Å². The van der Waals surface area contributed by atoms with Crippen LogP contribution in [0.4, 0.5) is 0 Å². The zero-order valence-corrected chi connectivity index (χ0v) is 21.0. The third kappa shape index (κ3) is 6.19. The van der Waals surface area contributed by atoms with Crippen LogP contribution in [0.25, 0.3) is 0 Å². The van der Waals surface area contributed by atoms with E-state index in [1.807, 2.05) is 51.1 Å². The van der Waals surface area contributed by atoms with Crippen LogP contribution in [0.2, 0.25) is 0 Å². The highest BCUT2D eigenvalue weighted by Crippen LogP contribution is 2.25. The van der Waals surface area contributed by atoms with Crippen LogP contribution >= 0.6 is 0 Å². The molecule has 0 atom stereocenters. The highest BCUT2D eigenvalue weighted by atomic mass is 32.2. The van der Waals surface area contributed by atoms with E-state index in [4.69, 9.17) is 0 Å². The van der Waals surface area contributed by atoms with Crippen LogP contribution in [0.1, 0.15) is 78.4 Å². The predicted molar refractivity (Wildman–Crippen MR) is 129 cm³/mol. The smallest absolute Gasteiger partial charge is 0.251 e. The Bertz CT molecular complexity index is 1040. The fourth-order valence-electron chi connectivity index (χ4n) is 3.60. The Morgan fingerprint density at radius 2 is 1.48 bits per heavy atom.